The second-order valence-electron chi connectivity index (χ2n) is 2.34. The van der Waals surface area contributed by atoms with E-state index in [0.717, 1.165) is 12.2 Å². The molecule has 0 aromatic rings. The Labute approximate surface area is 65.6 Å². The van der Waals surface area contributed by atoms with E-state index in [1.165, 1.54) is 6.92 Å². The molecule has 0 saturated carbocycles. The molecule has 0 aliphatic carbocycles. The number of hydrogen-bond donors (Lipinski definition) is 1. The van der Waals surface area contributed by atoms with E-state index in [2.05, 4.69) is 13.2 Å². The highest BCUT2D eigenvalue weighted by Gasteiger charge is 2.32. The third kappa shape index (κ3) is 1.85. The fourth-order valence-electron chi connectivity index (χ4n) is 0.545. The average Bonchev–Trinajstić information content (AvgIpc) is 2.01. The number of hydrogen-bond acceptors (Lipinski definition) is 3. The van der Waals surface area contributed by atoms with Gasteiger partial charge in [-0.05, 0) is 19.1 Å². The summed E-state index contributed by atoms with van der Waals surface area (Å²) in [6.45, 7) is 7.79. The van der Waals surface area contributed by atoms with Crippen molar-refractivity contribution in [2.45, 2.75) is 12.5 Å². The smallest absolute Gasteiger partial charge is 0.182 e. The van der Waals surface area contributed by atoms with Crippen LogP contribution >= 0.6 is 0 Å². The molecule has 0 aromatic carbocycles. The van der Waals surface area contributed by atoms with Crippen LogP contribution in [0.4, 0.5) is 0 Å². The first-order valence-electron chi connectivity index (χ1n) is 3.09. The molecule has 11 heavy (non-hydrogen) atoms. The normalized spacial score (nSPS) is 10.4. The molecule has 0 rings (SSSR count). The number of ketones is 2. The van der Waals surface area contributed by atoms with Crippen LogP contribution in [0.3, 0.4) is 0 Å². The number of nitrogens with two attached hydrogens (primary N) is 1. The van der Waals surface area contributed by atoms with Crippen molar-refractivity contribution in [3.63, 3.8) is 0 Å². The maximum Gasteiger partial charge on any atom is 0.182 e. The van der Waals surface area contributed by atoms with E-state index in [-0.39, 0.29) is 0 Å². The fraction of sp³-hybridized carbons (Fsp3) is 0.250. The third-order valence-corrected chi connectivity index (χ3v) is 1.39. The van der Waals surface area contributed by atoms with E-state index in [4.69, 9.17) is 5.73 Å². The Morgan fingerprint density at radius 3 is 1.73 bits per heavy atom. The Morgan fingerprint density at radius 2 is 1.55 bits per heavy atom. The maximum atomic E-state index is 10.9. The highest BCUT2D eigenvalue weighted by Crippen LogP contribution is 2.03. The Kier molecular flexibility index (Phi) is 2.89. The average molecular weight is 153 g/mol. The van der Waals surface area contributed by atoms with Gasteiger partial charge in [-0.25, -0.2) is 0 Å². The highest BCUT2D eigenvalue weighted by molar-refractivity contribution is 6.18. The molecule has 0 spiro atoms. The predicted octanol–water partition coefficient (Wildman–Crippen LogP) is 0.214. The summed E-state index contributed by atoms with van der Waals surface area (Å²) in [5, 5.41) is 0. The van der Waals surface area contributed by atoms with Crippen molar-refractivity contribution in [1.82, 2.24) is 0 Å². The van der Waals surface area contributed by atoms with Crippen molar-refractivity contribution in [2.24, 2.45) is 5.73 Å². The quantitative estimate of drug-likeness (QED) is 0.464. The van der Waals surface area contributed by atoms with Gasteiger partial charge in [0.05, 0.1) is 0 Å². The molecule has 0 amide bonds. The van der Waals surface area contributed by atoms with Gasteiger partial charge >= 0.3 is 0 Å². The summed E-state index contributed by atoms with van der Waals surface area (Å²) >= 11 is 0. The molecule has 3 nitrogen and oxygen atoms in total. The monoisotopic (exact) mass is 153 g/mol. The zero-order chi connectivity index (χ0) is 9.07. The predicted molar refractivity (Wildman–Crippen MR) is 43.0 cm³/mol. The van der Waals surface area contributed by atoms with Crippen molar-refractivity contribution < 1.29 is 9.59 Å². The highest BCUT2D eigenvalue weighted by atomic mass is 16.2. The van der Waals surface area contributed by atoms with E-state index < -0.39 is 17.1 Å². The molecule has 3 heteroatoms. The molecule has 0 fully saturated rings. The topological polar surface area (TPSA) is 60.2 Å². The van der Waals surface area contributed by atoms with Gasteiger partial charge in [0.1, 0.15) is 5.54 Å². The van der Waals surface area contributed by atoms with E-state index in [1.54, 1.807) is 0 Å². The van der Waals surface area contributed by atoms with Crippen LogP contribution in [0.2, 0.25) is 0 Å². The minimum Gasteiger partial charge on any atom is -0.312 e. The van der Waals surface area contributed by atoms with Crippen LogP contribution in [0.1, 0.15) is 6.92 Å². The summed E-state index contributed by atoms with van der Waals surface area (Å²) in [7, 11) is 0. The van der Waals surface area contributed by atoms with Gasteiger partial charge in [0.15, 0.2) is 11.6 Å². The van der Waals surface area contributed by atoms with Crippen molar-refractivity contribution in [2.75, 3.05) is 0 Å². The van der Waals surface area contributed by atoms with Crippen LogP contribution < -0.4 is 5.73 Å². The summed E-state index contributed by atoms with van der Waals surface area (Å²) in [5.74, 6) is -0.996. The third-order valence-electron chi connectivity index (χ3n) is 1.39. The molecule has 0 unspecified atom stereocenters. The lowest BCUT2D eigenvalue weighted by Gasteiger charge is -2.16. The zero-order valence-corrected chi connectivity index (χ0v) is 6.46. The SMILES string of the molecule is C=CC(=O)C(C)(N)C(=O)C=C. The molecule has 0 saturated heterocycles. The van der Waals surface area contributed by atoms with Crippen molar-refractivity contribution in [3.05, 3.63) is 25.3 Å². The molecule has 2 N–H and O–H groups in total. The first kappa shape index (κ1) is 9.78. The Morgan fingerprint density at radius 1 is 1.27 bits per heavy atom. The minimum absolute atomic E-state index is 0.498. The molecule has 0 radical (unpaired) electrons. The summed E-state index contributed by atoms with van der Waals surface area (Å²) < 4.78 is 0. The molecular weight excluding hydrogens is 142 g/mol. The molecule has 0 bridgehead atoms. The molecule has 0 heterocycles. The van der Waals surface area contributed by atoms with Crippen molar-refractivity contribution >= 4 is 11.6 Å². The Hall–Kier alpha value is -1.22. The van der Waals surface area contributed by atoms with Crippen molar-refractivity contribution in [3.8, 4) is 0 Å². The second kappa shape index (κ2) is 3.25. The maximum absolute atomic E-state index is 10.9. The van der Waals surface area contributed by atoms with Gasteiger partial charge in [-0.1, -0.05) is 13.2 Å². The van der Waals surface area contributed by atoms with Crippen LogP contribution in [-0.4, -0.2) is 17.1 Å². The van der Waals surface area contributed by atoms with Gasteiger partial charge < -0.3 is 5.73 Å². The number of carbonyl (C=O) groups excluding carboxylic acids is 2. The van der Waals surface area contributed by atoms with E-state index in [9.17, 15) is 9.59 Å². The molecule has 60 valence electrons. The molecule has 0 atom stereocenters. The van der Waals surface area contributed by atoms with Crippen LogP contribution in [0.15, 0.2) is 25.3 Å². The second-order valence-corrected chi connectivity index (χ2v) is 2.34. The lowest BCUT2D eigenvalue weighted by atomic mass is 9.92. The van der Waals surface area contributed by atoms with Gasteiger partial charge in [-0.15, -0.1) is 0 Å². The van der Waals surface area contributed by atoms with E-state index in [1.807, 2.05) is 0 Å². The first-order chi connectivity index (χ1) is 4.96. The van der Waals surface area contributed by atoms with Crippen LogP contribution in [0.5, 0.6) is 0 Å². The van der Waals surface area contributed by atoms with Crippen LogP contribution in [0, 0.1) is 0 Å². The molecule has 0 aliphatic rings. The van der Waals surface area contributed by atoms with Crippen LogP contribution in [-0.2, 0) is 9.59 Å². The molecular formula is C8H11NO2. The van der Waals surface area contributed by atoms with E-state index in [0.29, 0.717) is 0 Å². The first-order valence-corrected chi connectivity index (χ1v) is 3.09. The Bertz CT molecular complexity index is 194. The van der Waals surface area contributed by atoms with Gasteiger partial charge in [-0.2, -0.15) is 0 Å². The fourth-order valence-corrected chi connectivity index (χ4v) is 0.545. The summed E-state index contributed by atoms with van der Waals surface area (Å²) in [6.07, 6.45) is 2.06. The Balaban J connectivity index is 4.70. The van der Waals surface area contributed by atoms with Gasteiger partial charge in [-0.3, -0.25) is 9.59 Å². The lowest BCUT2D eigenvalue weighted by molar-refractivity contribution is -0.128. The summed E-state index contributed by atoms with van der Waals surface area (Å²) in [4.78, 5) is 21.8. The zero-order valence-electron chi connectivity index (χ0n) is 6.46. The van der Waals surface area contributed by atoms with Gasteiger partial charge in [0.2, 0.25) is 0 Å². The van der Waals surface area contributed by atoms with Gasteiger partial charge in [0, 0.05) is 0 Å². The van der Waals surface area contributed by atoms with E-state index >= 15 is 0 Å². The standard InChI is InChI=1S/C8H11NO2/c1-4-6(10)8(3,9)7(11)5-2/h4-5H,1-2,9H2,3H3. The molecule has 0 aliphatic heterocycles. The summed E-state index contributed by atoms with van der Waals surface area (Å²) in [5.41, 5.74) is 3.89. The molecule has 0 aromatic heterocycles. The largest absolute Gasteiger partial charge is 0.312 e. The van der Waals surface area contributed by atoms with Crippen molar-refractivity contribution in [1.29, 1.82) is 0 Å². The van der Waals surface area contributed by atoms with Gasteiger partial charge in [0.25, 0.3) is 0 Å². The minimum atomic E-state index is -1.50. The van der Waals surface area contributed by atoms with Crippen LogP contribution in [0.25, 0.3) is 0 Å². The summed E-state index contributed by atoms with van der Waals surface area (Å²) in [6, 6.07) is 0. The number of carbonyl (C=O) groups is 2. The lowest BCUT2D eigenvalue weighted by Crippen LogP contribution is -2.50. The number of rotatable bonds is 4.